The first-order valence-electron chi connectivity index (χ1n) is 4.49. The molecule has 0 spiro atoms. The largest absolute Gasteiger partial charge is 0.390 e. The smallest absolute Gasteiger partial charge is 0.183 e. The minimum absolute atomic E-state index is 0. The third kappa shape index (κ3) is 2.97. The van der Waals surface area contributed by atoms with Crippen LogP contribution in [0.3, 0.4) is 0 Å². The van der Waals surface area contributed by atoms with E-state index in [1.54, 1.807) is 0 Å². The quantitative estimate of drug-likeness (QED) is 0.695. The number of aliphatic hydroxyl groups excluding tert-OH is 2. The molecule has 1 aliphatic heterocycles. The second-order valence-corrected chi connectivity index (χ2v) is 3.33. The Kier molecular flexibility index (Phi) is 6.95. The summed E-state index contributed by atoms with van der Waals surface area (Å²) in [5.41, 5.74) is 0. The molecule has 0 aromatic heterocycles. The van der Waals surface area contributed by atoms with Crippen molar-refractivity contribution < 1.29 is 52.4 Å². The van der Waals surface area contributed by atoms with E-state index >= 15 is 0 Å². The summed E-state index contributed by atoms with van der Waals surface area (Å²) >= 11 is 0. The molecule has 0 saturated carbocycles. The van der Waals surface area contributed by atoms with Gasteiger partial charge in [0.2, 0.25) is 0 Å². The molecule has 0 amide bonds. The maximum atomic E-state index is 9.66. The molecule has 1 heterocycles. The van der Waals surface area contributed by atoms with Gasteiger partial charge in [-0.1, -0.05) is 19.4 Å². The third-order valence-corrected chi connectivity index (χ3v) is 2.56. The van der Waals surface area contributed by atoms with Gasteiger partial charge in [0.1, 0.15) is 6.10 Å². The van der Waals surface area contributed by atoms with Gasteiger partial charge >= 0.3 is 0 Å². The predicted molar refractivity (Wildman–Crippen MR) is 46.8 cm³/mol. The number of hydrogen-bond donors (Lipinski definition) is 2. The van der Waals surface area contributed by atoms with Gasteiger partial charge in [0.15, 0.2) is 6.29 Å². The molecule has 0 bridgehead atoms. The van der Waals surface area contributed by atoms with Crippen LogP contribution in [0, 0.1) is 12.8 Å². The van der Waals surface area contributed by atoms with Crippen molar-refractivity contribution in [3.8, 4) is 0 Å². The van der Waals surface area contributed by atoms with E-state index in [2.05, 4.69) is 6.92 Å². The van der Waals surface area contributed by atoms with E-state index in [9.17, 15) is 10.2 Å². The molecule has 0 aliphatic carbocycles. The fourth-order valence-electron chi connectivity index (χ4n) is 1.69. The topological polar surface area (TPSA) is 58.9 Å². The van der Waals surface area contributed by atoms with Gasteiger partial charge in [-0.15, -0.1) is 0 Å². The van der Waals surface area contributed by atoms with Gasteiger partial charge in [-0.3, -0.25) is 0 Å². The number of hydrogen-bond acceptors (Lipinski definition) is 4. The second kappa shape index (κ2) is 6.51. The number of rotatable bonds is 2. The van der Waals surface area contributed by atoms with Crippen LogP contribution in [0.15, 0.2) is 0 Å². The minimum Gasteiger partial charge on any atom is -0.390 e. The molecular formula is C9H17O4Y-. The third-order valence-electron chi connectivity index (χ3n) is 2.56. The zero-order valence-electron chi connectivity index (χ0n) is 8.59. The summed E-state index contributed by atoms with van der Waals surface area (Å²) in [5, 5.41) is 19.2. The Bertz CT molecular complexity index is 167. The summed E-state index contributed by atoms with van der Waals surface area (Å²) in [4.78, 5) is 0. The summed E-state index contributed by atoms with van der Waals surface area (Å²) in [5.74, 6) is -0.124. The first kappa shape index (κ1) is 14.9. The van der Waals surface area contributed by atoms with Crippen LogP contribution in [-0.2, 0) is 42.2 Å². The SMILES string of the molecule is [CH2-]C1O[C@H](OC)C(O)[C@@H](O)C1CC.[Y]. The molecule has 14 heavy (non-hydrogen) atoms. The summed E-state index contributed by atoms with van der Waals surface area (Å²) in [6.07, 6.45) is -2.16. The van der Waals surface area contributed by atoms with Gasteiger partial charge in [0, 0.05) is 39.8 Å². The Morgan fingerprint density at radius 3 is 2.36 bits per heavy atom. The molecule has 2 N–H and O–H groups in total. The normalized spacial score (nSPS) is 43.1. The molecule has 5 atom stereocenters. The summed E-state index contributed by atoms with van der Waals surface area (Å²) < 4.78 is 10.1. The van der Waals surface area contributed by atoms with Crippen molar-refractivity contribution in [2.45, 2.75) is 37.9 Å². The van der Waals surface area contributed by atoms with E-state index in [1.807, 2.05) is 6.92 Å². The Morgan fingerprint density at radius 1 is 1.36 bits per heavy atom. The molecule has 0 aromatic rings. The maximum absolute atomic E-state index is 9.66. The van der Waals surface area contributed by atoms with E-state index in [0.717, 1.165) is 6.42 Å². The molecular weight excluding hydrogens is 261 g/mol. The van der Waals surface area contributed by atoms with Crippen molar-refractivity contribution in [1.82, 2.24) is 0 Å². The first-order chi connectivity index (χ1) is 6.11. The molecule has 1 radical (unpaired) electrons. The molecule has 1 saturated heterocycles. The molecule has 4 nitrogen and oxygen atoms in total. The standard InChI is InChI=1S/C9H17O4.Y/c1-4-6-5(2)13-9(12-3)8(11)7(6)10;/h5-11H,2,4H2,1,3H3;/q-1;/t5?,6?,7-,8?,9-;/m0./s1. The van der Waals surface area contributed by atoms with Crippen molar-refractivity contribution in [2.24, 2.45) is 5.92 Å². The number of aliphatic hydroxyl groups is 2. The van der Waals surface area contributed by atoms with Crippen LogP contribution in [0.25, 0.3) is 0 Å². The number of methoxy groups -OCH3 is 1. The zero-order valence-corrected chi connectivity index (χ0v) is 11.4. The maximum Gasteiger partial charge on any atom is 0.183 e. The van der Waals surface area contributed by atoms with Gasteiger partial charge in [0.05, 0.1) is 6.10 Å². The van der Waals surface area contributed by atoms with Crippen LogP contribution in [0.5, 0.6) is 0 Å². The summed E-state index contributed by atoms with van der Waals surface area (Å²) in [6.45, 7) is 5.69. The number of ether oxygens (including phenoxy) is 2. The van der Waals surface area contributed by atoms with Crippen molar-refractivity contribution in [3.05, 3.63) is 6.92 Å². The van der Waals surface area contributed by atoms with Gasteiger partial charge < -0.3 is 26.6 Å². The van der Waals surface area contributed by atoms with Crippen molar-refractivity contribution in [2.75, 3.05) is 7.11 Å². The molecule has 1 rings (SSSR count). The Hall–Kier alpha value is 0.944. The minimum atomic E-state index is -0.979. The molecule has 1 fully saturated rings. The van der Waals surface area contributed by atoms with E-state index < -0.39 is 18.5 Å². The van der Waals surface area contributed by atoms with Crippen molar-refractivity contribution in [1.29, 1.82) is 0 Å². The summed E-state index contributed by atoms with van der Waals surface area (Å²) in [6, 6.07) is 0. The van der Waals surface area contributed by atoms with Crippen molar-refractivity contribution in [3.63, 3.8) is 0 Å². The molecule has 5 heteroatoms. The van der Waals surface area contributed by atoms with E-state index in [4.69, 9.17) is 9.47 Å². The zero-order chi connectivity index (χ0) is 10.0. The fraction of sp³-hybridized carbons (Fsp3) is 0.889. The first-order valence-corrected chi connectivity index (χ1v) is 4.49. The molecule has 1 aliphatic rings. The fourth-order valence-corrected chi connectivity index (χ4v) is 1.69. The van der Waals surface area contributed by atoms with Crippen LogP contribution < -0.4 is 0 Å². The van der Waals surface area contributed by atoms with Crippen LogP contribution >= 0.6 is 0 Å². The second-order valence-electron chi connectivity index (χ2n) is 3.33. The van der Waals surface area contributed by atoms with Crippen LogP contribution in [0.4, 0.5) is 0 Å². The van der Waals surface area contributed by atoms with Crippen molar-refractivity contribution >= 4 is 0 Å². The summed E-state index contributed by atoms with van der Waals surface area (Å²) in [7, 11) is 1.43. The van der Waals surface area contributed by atoms with Gasteiger partial charge in [-0.05, 0) is 5.92 Å². The van der Waals surface area contributed by atoms with Gasteiger partial charge in [0.25, 0.3) is 0 Å². The Labute approximate surface area is 110 Å². The molecule has 0 aromatic carbocycles. The molecule has 3 unspecified atom stereocenters. The van der Waals surface area contributed by atoms with E-state index in [-0.39, 0.29) is 44.7 Å². The van der Waals surface area contributed by atoms with Crippen LogP contribution in [0.2, 0.25) is 0 Å². The molecule has 81 valence electrons. The van der Waals surface area contributed by atoms with E-state index in [0.29, 0.717) is 0 Å². The average Bonchev–Trinajstić information content (AvgIpc) is 2.12. The monoisotopic (exact) mass is 278 g/mol. The van der Waals surface area contributed by atoms with Gasteiger partial charge in [-0.2, -0.15) is 0 Å². The van der Waals surface area contributed by atoms with Crippen LogP contribution in [-0.4, -0.2) is 41.9 Å². The van der Waals surface area contributed by atoms with E-state index in [1.165, 1.54) is 7.11 Å². The Balaban J connectivity index is 0.00000169. The van der Waals surface area contributed by atoms with Crippen LogP contribution in [0.1, 0.15) is 13.3 Å². The predicted octanol–water partition coefficient (Wildman–Crippen LogP) is -0.0627. The Morgan fingerprint density at radius 2 is 1.93 bits per heavy atom. The van der Waals surface area contributed by atoms with Gasteiger partial charge in [-0.25, -0.2) is 0 Å². The average molecular weight is 278 g/mol.